The van der Waals surface area contributed by atoms with Gasteiger partial charge >= 0.3 is 0 Å². The van der Waals surface area contributed by atoms with Crippen molar-refractivity contribution in [2.24, 2.45) is 10.1 Å². The minimum Gasteiger partial charge on any atom is -0.494 e. The molecule has 0 unspecified atom stereocenters. The van der Waals surface area contributed by atoms with Gasteiger partial charge in [0, 0.05) is 29.4 Å². The van der Waals surface area contributed by atoms with E-state index in [0.29, 0.717) is 27.6 Å². The van der Waals surface area contributed by atoms with Crippen LogP contribution in [-0.2, 0) is 16.6 Å². The molecule has 2 heterocycles. The normalized spacial score (nSPS) is 12.2. The first-order valence-electron chi connectivity index (χ1n) is 9.76. The lowest BCUT2D eigenvalue weighted by atomic mass is 10.0. The van der Waals surface area contributed by atoms with Crippen LogP contribution in [0.4, 0.5) is 0 Å². The number of sulfonamides is 1. The van der Waals surface area contributed by atoms with E-state index in [4.69, 9.17) is 5.14 Å². The van der Waals surface area contributed by atoms with Crippen molar-refractivity contribution in [2.45, 2.75) is 11.4 Å². The summed E-state index contributed by atoms with van der Waals surface area (Å²) >= 11 is 0. The third-order valence-corrected chi connectivity index (χ3v) is 5.87. The highest BCUT2D eigenvalue weighted by Gasteiger charge is 2.13. The molecule has 0 fully saturated rings. The van der Waals surface area contributed by atoms with E-state index in [2.05, 4.69) is 19.9 Å². The van der Waals surface area contributed by atoms with Crippen molar-refractivity contribution in [3.63, 3.8) is 0 Å². The lowest BCUT2D eigenvalue weighted by Gasteiger charge is -2.07. The molecule has 9 nitrogen and oxygen atoms in total. The number of aromatic nitrogens is 3. The first-order chi connectivity index (χ1) is 15.8. The highest BCUT2D eigenvalue weighted by molar-refractivity contribution is 7.89. The summed E-state index contributed by atoms with van der Waals surface area (Å²) in [6.45, 7) is 0.0128. The number of nitrogens with two attached hydrogens (primary N) is 1. The number of rotatable bonds is 6. The Morgan fingerprint density at radius 2 is 1.91 bits per heavy atom. The Bertz CT molecular complexity index is 1540. The smallest absolute Gasteiger partial charge is 0.258 e. The maximum Gasteiger partial charge on any atom is 0.258 e. The Balaban J connectivity index is 1.71. The van der Waals surface area contributed by atoms with Crippen LogP contribution in [0, 0.1) is 0 Å². The predicted molar refractivity (Wildman–Crippen MR) is 126 cm³/mol. The van der Waals surface area contributed by atoms with E-state index < -0.39 is 15.6 Å². The van der Waals surface area contributed by atoms with Crippen molar-refractivity contribution in [1.82, 2.24) is 15.0 Å². The number of fused-ring (bicyclic) bond motifs is 1. The van der Waals surface area contributed by atoms with Gasteiger partial charge in [-0.3, -0.25) is 24.7 Å². The van der Waals surface area contributed by atoms with Crippen LogP contribution >= 0.6 is 0 Å². The molecule has 0 aliphatic rings. The summed E-state index contributed by atoms with van der Waals surface area (Å²) in [7, 11) is -3.90. The number of hydrogen-bond donors (Lipinski definition) is 3. The van der Waals surface area contributed by atoms with Crippen molar-refractivity contribution in [2.75, 3.05) is 0 Å². The van der Waals surface area contributed by atoms with Gasteiger partial charge in [-0.05, 0) is 35.4 Å². The van der Waals surface area contributed by atoms with Gasteiger partial charge in [-0.1, -0.05) is 30.3 Å². The van der Waals surface area contributed by atoms with Crippen molar-refractivity contribution in [1.29, 1.82) is 0 Å². The van der Waals surface area contributed by atoms with Crippen LogP contribution in [0.5, 0.6) is 5.88 Å². The Morgan fingerprint density at radius 3 is 2.67 bits per heavy atom. The second-order valence-electron chi connectivity index (χ2n) is 7.11. The zero-order chi connectivity index (χ0) is 23.4. The molecular formula is C23H19N5O4S. The van der Waals surface area contributed by atoms with Gasteiger partial charge in [-0.25, -0.2) is 13.6 Å². The Morgan fingerprint density at radius 1 is 1.09 bits per heavy atom. The Labute approximate surface area is 189 Å². The molecule has 4 aromatic rings. The quantitative estimate of drug-likeness (QED) is 0.375. The number of aromatic hydroxyl groups is 1. The highest BCUT2D eigenvalue weighted by Crippen LogP contribution is 2.23. The van der Waals surface area contributed by atoms with E-state index in [1.54, 1.807) is 61.1 Å². The molecule has 0 radical (unpaired) electrons. The zero-order valence-corrected chi connectivity index (χ0v) is 18.0. The van der Waals surface area contributed by atoms with Crippen LogP contribution in [0.2, 0.25) is 0 Å². The number of H-pyrrole nitrogens is 1. The third-order valence-electron chi connectivity index (χ3n) is 4.86. The maximum atomic E-state index is 12.3. The topological polar surface area (TPSA) is 151 Å². The number of aromatic amines is 1. The summed E-state index contributed by atoms with van der Waals surface area (Å²) < 4.78 is 23.6. The van der Waals surface area contributed by atoms with Gasteiger partial charge in [0.05, 0.1) is 28.9 Å². The van der Waals surface area contributed by atoms with Crippen LogP contribution in [0.3, 0.4) is 0 Å². The molecule has 0 saturated heterocycles. The molecule has 2 aromatic carbocycles. The van der Waals surface area contributed by atoms with Crippen LogP contribution in [0.1, 0.15) is 22.4 Å². The first kappa shape index (κ1) is 22.1. The van der Waals surface area contributed by atoms with Gasteiger partial charge < -0.3 is 5.11 Å². The van der Waals surface area contributed by atoms with Gasteiger partial charge in [-0.15, -0.1) is 0 Å². The van der Waals surface area contributed by atoms with E-state index in [1.165, 1.54) is 12.3 Å². The van der Waals surface area contributed by atoms with E-state index in [1.807, 2.05) is 6.08 Å². The fraction of sp³-hybridized carbons (Fsp3) is 0.0435. The Hall–Kier alpha value is -4.15. The lowest BCUT2D eigenvalue weighted by Crippen LogP contribution is -2.14. The summed E-state index contributed by atoms with van der Waals surface area (Å²) in [6.07, 6.45) is 9.76. The second-order valence-corrected chi connectivity index (χ2v) is 8.64. The van der Waals surface area contributed by atoms with Crippen LogP contribution in [0.25, 0.3) is 22.9 Å². The number of hydrogen-bond acceptors (Lipinski definition) is 7. The fourth-order valence-corrected chi connectivity index (χ4v) is 4.08. The molecule has 0 aliphatic heterocycles. The minimum atomic E-state index is -3.90. The molecule has 4 rings (SSSR count). The number of nitrogens with zero attached hydrogens (tertiary/aromatic N) is 3. The molecule has 0 atom stereocenters. The second kappa shape index (κ2) is 9.15. The van der Waals surface area contributed by atoms with Crippen molar-refractivity contribution in [3.8, 4) is 5.88 Å². The summed E-state index contributed by atoms with van der Waals surface area (Å²) in [6, 6.07) is 11.4. The molecule has 4 N–H and O–H groups in total. The third kappa shape index (κ3) is 5.03. The highest BCUT2D eigenvalue weighted by atomic mass is 32.2. The largest absolute Gasteiger partial charge is 0.494 e. The Kier molecular flexibility index (Phi) is 6.11. The van der Waals surface area contributed by atoms with E-state index in [-0.39, 0.29) is 17.3 Å². The maximum absolute atomic E-state index is 12.3. The minimum absolute atomic E-state index is 0.0128. The van der Waals surface area contributed by atoms with E-state index >= 15 is 0 Å². The number of primary sulfonamides is 1. The molecule has 0 spiro atoms. The van der Waals surface area contributed by atoms with Crippen LogP contribution in [-0.4, -0.2) is 34.7 Å². The SMILES string of the molecule is NS(=O)(=O)c1ccccc1CN=Cc1c(O)[nH]c(=O)c2ccc(/C=C/c3cnccn3)cc12. The zero-order valence-electron chi connectivity index (χ0n) is 17.2. The molecule has 0 aliphatic carbocycles. The molecule has 2 aromatic heterocycles. The van der Waals surface area contributed by atoms with E-state index in [0.717, 1.165) is 5.56 Å². The van der Waals surface area contributed by atoms with Crippen molar-refractivity contribution < 1.29 is 13.5 Å². The molecule has 166 valence electrons. The summed E-state index contributed by atoms with van der Waals surface area (Å²) in [5, 5.41) is 16.5. The van der Waals surface area contributed by atoms with Crippen LogP contribution < -0.4 is 10.7 Å². The van der Waals surface area contributed by atoms with Crippen molar-refractivity contribution in [3.05, 3.63) is 93.8 Å². The van der Waals surface area contributed by atoms with Gasteiger partial charge in [-0.2, -0.15) is 0 Å². The molecule has 0 bridgehead atoms. The first-order valence-corrected chi connectivity index (χ1v) is 11.3. The molecule has 10 heteroatoms. The molecule has 0 amide bonds. The van der Waals surface area contributed by atoms with Gasteiger partial charge in [0.2, 0.25) is 15.9 Å². The standard InChI is InChI=1S/C23H19N5O4S/c24-33(31,32)21-4-2-1-3-16(21)12-26-14-20-19-11-15(5-7-17-13-25-9-10-27-17)6-8-18(19)22(29)28-23(20)30/h1-11,13-14H,12H2,(H2,24,31,32)(H2,28,29,30)/b7-5+,26-14?. The predicted octanol–water partition coefficient (Wildman–Crippen LogP) is 2.46. The molecule has 33 heavy (non-hydrogen) atoms. The lowest BCUT2D eigenvalue weighted by molar-refractivity contribution is 0.452. The number of pyridine rings is 1. The summed E-state index contributed by atoms with van der Waals surface area (Å²) in [5.74, 6) is -0.342. The van der Waals surface area contributed by atoms with Gasteiger partial charge in [0.1, 0.15) is 0 Å². The monoisotopic (exact) mass is 461 g/mol. The van der Waals surface area contributed by atoms with E-state index in [9.17, 15) is 18.3 Å². The summed E-state index contributed by atoms with van der Waals surface area (Å²) in [5.41, 5.74) is 1.71. The number of nitrogens with one attached hydrogen (secondary N) is 1. The number of aliphatic imine (C=N–C) groups is 1. The average Bonchev–Trinajstić information content (AvgIpc) is 2.80. The fourth-order valence-electron chi connectivity index (χ4n) is 3.31. The van der Waals surface area contributed by atoms with Crippen LogP contribution in [0.15, 0.2) is 75.7 Å². The molecular weight excluding hydrogens is 442 g/mol. The number of benzene rings is 2. The average molecular weight is 462 g/mol. The van der Waals surface area contributed by atoms with Gasteiger partial charge in [0.25, 0.3) is 5.56 Å². The van der Waals surface area contributed by atoms with Crippen molar-refractivity contribution >= 4 is 39.2 Å². The van der Waals surface area contributed by atoms with Gasteiger partial charge in [0.15, 0.2) is 0 Å². The molecule has 0 saturated carbocycles. The summed E-state index contributed by atoms with van der Waals surface area (Å²) in [4.78, 5) is 27.2.